The van der Waals surface area contributed by atoms with Crippen LogP contribution in [0.5, 0.6) is 0 Å². The van der Waals surface area contributed by atoms with Crippen LogP contribution in [0.3, 0.4) is 0 Å². The number of nitrogens with one attached hydrogen (secondary N) is 1. The Kier molecular flexibility index (Phi) is 3.25. The molecule has 1 aliphatic heterocycles. The SMILES string of the molecule is Cn1ncnc1CNCC1CCS(=O)(=O)C1. The molecule has 6 nitrogen and oxygen atoms in total. The number of hydrogen-bond donors (Lipinski definition) is 1. The van der Waals surface area contributed by atoms with Crippen molar-refractivity contribution in [1.29, 1.82) is 0 Å². The van der Waals surface area contributed by atoms with Gasteiger partial charge in [0, 0.05) is 7.05 Å². The first-order valence-corrected chi connectivity index (χ1v) is 7.13. The van der Waals surface area contributed by atoms with Gasteiger partial charge in [0.25, 0.3) is 0 Å². The molecule has 1 N–H and O–H groups in total. The first kappa shape index (κ1) is 11.5. The molecule has 2 rings (SSSR count). The molecule has 0 bridgehead atoms. The van der Waals surface area contributed by atoms with Gasteiger partial charge in [0.15, 0.2) is 9.84 Å². The van der Waals surface area contributed by atoms with Gasteiger partial charge in [-0.3, -0.25) is 4.68 Å². The Morgan fingerprint density at radius 2 is 2.44 bits per heavy atom. The highest BCUT2D eigenvalue weighted by atomic mass is 32.2. The van der Waals surface area contributed by atoms with Crippen molar-refractivity contribution in [3.05, 3.63) is 12.2 Å². The fourth-order valence-corrected chi connectivity index (χ4v) is 3.76. The molecule has 0 aromatic carbocycles. The number of aromatic nitrogens is 3. The Morgan fingerprint density at radius 3 is 3.00 bits per heavy atom. The van der Waals surface area contributed by atoms with E-state index in [1.165, 1.54) is 6.33 Å². The van der Waals surface area contributed by atoms with Gasteiger partial charge in [-0.15, -0.1) is 0 Å². The van der Waals surface area contributed by atoms with Crippen molar-refractivity contribution >= 4 is 9.84 Å². The largest absolute Gasteiger partial charge is 0.310 e. The second kappa shape index (κ2) is 4.50. The fraction of sp³-hybridized carbons (Fsp3) is 0.778. The molecule has 0 aliphatic carbocycles. The molecule has 1 aliphatic rings. The second-order valence-electron chi connectivity index (χ2n) is 4.20. The molecule has 2 heterocycles. The maximum atomic E-state index is 11.2. The molecule has 0 radical (unpaired) electrons. The van der Waals surface area contributed by atoms with Crippen molar-refractivity contribution in [3.63, 3.8) is 0 Å². The second-order valence-corrected chi connectivity index (χ2v) is 6.43. The smallest absolute Gasteiger partial charge is 0.150 e. The van der Waals surface area contributed by atoms with Gasteiger partial charge in [-0.25, -0.2) is 13.4 Å². The van der Waals surface area contributed by atoms with E-state index in [0.717, 1.165) is 18.8 Å². The van der Waals surface area contributed by atoms with E-state index in [4.69, 9.17) is 0 Å². The summed E-state index contributed by atoms with van der Waals surface area (Å²) in [6.45, 7) is 1.36. The summed E-state index contributed by atoms with van der Waals surface area (Å²) in [5.41, 5.74) is 0. The molecule has 1 fully saturated rings. The van der Waals surface area contributed by atoms with Crippen molar-refractivity contribution in [2.24, 2.45) is 13.0 Å². The molecule has 0 spiro atoms. The third-order valence-electron chi connectivity index (χ3n) is 2.85. The summed E-state index contributed by atoms with van der Waals surface area (Å²) < 4.78 is 24.2. The maximum Gasteiger partial charge on any atom is 0.150 e. The van der Waals surface area contributed by atoms with Crippen LogP contribution in [0.1, 0.15) is 12.2 Å². The average molecular weight is 244 g/mol. The van der Waals surface area contributed by atoms with E-state index in [-0.39, 0.29) is 5.92 Å². The molecule has 1 atom stereocenters. The number of rotatable bonds is 4. The predicted molar refractivity (Wildman–Crippen MR) is 59.5 cm³/mol. The minimum Gasteiger partial charge on any atom is -0.310 e. The summed E-state index contributed by atoms with van der Waals surface area (Å²) in [6.07, 6.45) is 2.28. The topological polar surface area (TPSA) is 76.9 Å². The van der Waals surface area contributed by atoms with Gasteiger partial charge in [0.1, 0.15) is 12.2 Å². The first-order chi connectivity index (χ1) is 7.57. The standard InChI is InChI=1S/C9H16N4O2S/c1-13-9(11-7-12-13)5-10-4-8-2-3-16(14,15)6-8/h7-8,10H,2-6H2,1H3. The summed E-state index contributed by atoms with van der Waals surface area (Å²) in [5, 5.41) is 7.18. The zero-order chi connectivity index (χ0) is 11.6. The van der Waals surface area contributed by atoms with Crippen LogP contribution < -0.4 is 5.32 Å². The van der Waals surface area contributed by atoms with Crippen LogP contribution in [0.2, 0.25) is 0 Å². The Hall–Kier alpha value is -0.950. The molecule has 1 unspecified atom stereocenters. The first-order valence-electron chi connectivity index (χ1n) is 5.31. The third kappa shape index (κ3) is 2.79. The van der Waals surface area contributed by atoms with E-state index in [0.29, 0.717) is 18.1 Å². The monoisotopic (exact) mass is 244 g/mol. The van der Waals surface area contributed by atoms with Crippen molar-refractivity contribution in [3.8, 4) is 0 Å². The summed E-state index contributed by atoms with van der Waals surface area (Å²) in [4.78, 5) is 4.08. The molecule has 1 aromatic heterocycles. The zero-order valence-corrected chi connectivity index (χ0v) is 10.1. The minimum atomic E-state index is -2.76. The molecule has 0 amide bonds. The van der Waals surface area contributed by atoms with Gasteiger partial charge in [0.2, 0.25) is 0 Å². The Labute approximate surface area is 95.0 Å². The van der Waals surface area contributed by atoms with Gasteiger partial charge in [-0.2, -0.15) is 5.10 Å². The lowest BCUT2D eigenvalue weighted by molar-refractivity contribution is 0.506. The van der Waals surface area contributed by atoms with E-state index in [1.807, 2.05) is 7.05 Å². The molecular formula is C9H16N4O2S. The van der Waals surface area contributed by atoms with Crippen LogP contribution in [-0.4, -0.2) is 41.2 Å². The van der Waals surface area contributed by atoms with E-state index in [9.17, 15) is 8.42 Å². The molecule has 1 aromatic rings. The Bertz CT molecular complexity index is 454. The Morgan fingerprint density at radius 1 is 1.62 bits per heavy atom. The zero-order valence-electron chi connectivity index (χ0n) is 9.26. The van der Waals surface area contributed by atoms with Gasteiger partial charge >= 0.3 is 0 Å². The van der Waals surface area contributed by atoms with E-state index < -0.39 is 9.84 Å². The van der Waals surface area contributed by atoms with E-state index in [2.05, 4.69) is 15.4 Å². The Balaban J connectivity index is 1.75. The molecule has 7 heteroatoms. The summed E-state index contributed by atoms with van der Waals surface area (Å²) in [7, 11) is -0.924. The van der Waals surface area contributed by atoms with Gasteiger partial charge < -0.3 is 5.32 Å². The number of aryl methyl sites for hydroxylation is 1. The van der Waals surface area contributed by atoms with Crippen LogP contribution in [0.25, 0.3) is 0 Å². The molecular weight excluding hydrogens is 228 g/mol. The lowest BCUT2D eigenvalue weighted by Gasteiger charge is -2.08. The van der Waals surface area contributed by atoms with Crippen molar-refractivity contribution in [2.75, 3.05) is 18.1 Å². The van der Waals surface area contributed by atoms with E-state index >= 15 is 0 Å². The number of sulfone groups is 1. The average Bonchev–Trinajstić information content (AvgIpc) is 2.74. The lowest BCUT2D eigenvalue weighted by Crippen LogP contribution is -2.24. The molecule has 90 valence electrons. The van der Waals surface area contributed by atoms with Crippen molar-refractivity contribution < 1.29 is 8.42 Å². The van der Waals surface area contributed by atoms with Gasteiger partial charge in [0.05, 0.1) is 18.1 Å². The van der Waals surface area contributed by atoms with Crippen LogP contribution in [-0.2, 0) is 23.4 Å². The fourth-order valence-electron chi connectivity index (χ4n) is 1.90. The molecule has 0 saturated carbocycles. The van der Waals surface area contributed by atoms with Crippen molar-refractivity contribution in [1.82, 2.24) is 20.1 Å². The normalized spacial score (nSPS) is 23.7. The van der Waals surface area contributed by atoms with Gasteiger partial charge in [-0.1, -0.05) is 0 Å². The van der Waals surface area contributed by atoms with Crippen LogP contribution in [0.15, 0.2) is 6.33 Å². The number of nitrogens with zero attached hydrogens (tertiary/aromatic N) is 3. The van der Waals surface area contributed by atoms with Crippen LogP contribution >= 0.6 is 0 Å². The minimum absolute atomic E-state index is 0.248. The molecule has 1 saturated heterocycles. The lowest BCUT2D eigenvalue weighted by atomic mass is 10.1. The summed E-state index contributed by atoms with van der Waals surface area (Å²) in [5.74, 6) is 1.77. The highest BCUT2D eigenvalue weighted by molar-refractivity contribution is 7.91. The maximum absolute atomic E-state index is 11.2. The number of hydrogen-bond acceptors (Lipinski definition) is 5. The molecule has 16 heavy (non-hydrogen) atoms. The quantitative estimate of drug-likeness (QED) is 0.761. The van der Waals surface area contributed by atoms with Crippen molar-refractivity contribution in [2.45, 2.75) is 13.0 Å². The van der Waals surface area contributed by atoms with Crippen LogP contribution in [0.4, 0.5) is 0 Å². The highest BCUT2D eigenvalue weighted by Gasteiger charge is 2.27. The van der Waals surface area contributed by atoms with E-state index in [1.54, 1.807) is 4.68 Å². The summed E-state index contributed by atoms with van der Waals surface area (Å²) in [6, 6.07) is 0. The highest BCUT2D eigenvalue weighted by Crippen LogP contribution is 2.17. The van der Waals surface area contributed by atoms with Crippen LogP contribution in [0, 0.1) is 5.92 Å². The van der Waals surface area contributed by atoms with Gasteiger partial charge in [-0.05, 0) is 18.9 Å². The summed E-state index contributed by atoms with van der Waals surface area (Å²) >= 11 is 0. The third-order valence-corrected chi connectivity index (χ3v) is 4.68. The predicted octanol–water partition coefficient (Wildman–Crippen LogP) is -0.661.